The fourth-order valence-corrected chi connectivity index (χ4v) is 4.40. The zero-order valence-electron chi connectivity index (χ0n) is 17.2. The van der Waals surface area contributed by atoms with E-state index in [0.717, 1.165) is 88.6 Å². The molecule has 2 fully saturated rings. The van der Waals surface area contributed by atoms with Crippen molar-refractivity contribution >= 4 is 17.6 Å². The molecule has 2 aromatic heterocycles. The Morgan fingerprint density at radius 1 is 0.759 bits per heavy atom. The average molecular weight is 396 g/mol. The number of rotatable bonds is 3. The Morgan fingerprint density at radius 2 is 1.48 bits per heavy atom. The second-order valence-corrected chi connectivity index (χ2v) is 8.12. The van der Waals surface area contributed by atoms with Crippen LogP contribution in [-0.2, 0) is 17.6 Å². The summed E-state index contributed by atoms with van der Waals surface area (Å²) in [7, 11) is 0. The Morgan fingerprint density at radius 3 is 2.28 bits per heavy atom. The second kappa shape index (κ2) is 8.10. The molecule has 0 N–H and O–H groups in total. The number of aromatic nitrogens is 4. The van der Waals surface area contributed by atoms with Crippen LogP contribution in [0.1, 0.15) is 29.8 Å². The first kappa shape index (κ1) is 18.5. The summed E-state index contributed by atoms with van der Waals surface area (Å²) in [5, 5.41) is 9.02. The van der Waals surface area contributed by atoms with Crippen molar-refractivity contribution < 1.29 is 4.74 Å². The first-order valence-corrected chi connectivity index (χ1v) is 10.8. The van der Waals surface area contributed by atoms with E-state index in [4.69, 9.17) is 9.72 Å². The van der Waals surface area contributed by atoms with Crippen LogP contribution in [-0.4, -0.2) is 72.6 Å². The summed E-state index contributed by atoms with van der Waals surface area (Å²) >= 11 is 0. The van der Waals surface area contributed by atoms with Gasteiger partial charge in [0.05, 0.1) is 18.9 Å². The van der Waals surface area contributed by atoms with E-state index in [1.54, 1.807) is 0 Å². The van der Waals surface area contributed by atoms with Crippen LogP contribution in [0.4, 0.5) is 17.6 Å². The SMILES string of the molecule is Cc1cc(N2CCN(c3cc4c(nn3)CCCC4)CC2)nc(N2CCOCC2)n1. The number of aryl methyl sites for hydroxylation is 3. The highest BCUT2D eigenvalue weighted by molar-refractivity contribution is 5.49. The minimum atomic E-state index is 0.743. The zero-order chi connectivity index (χ0) is 19.6. The lowest BCUT2D eigenvalue weighted by atomic mass is 9.97. The summed E-state index contributed by atoms with van der Waals surface area (Å²) in [6, 6.07) is 4.36. The Hall–Kier alpha value is -2.48. The number of piperazine rings is 1. The highest BCUT2D eigenvalue weighted by Crippen LogP contribution is 2.24. The summed E-state index contributed by atoms with van der Waals surface area (Å²) in [4.78, 5) is 16.5. The van der Waals surface area contributed by atoms with Crippen molar-refractivity contribution in [3.8, 4) is 0 Å². The van der Waals surface area contributed by atoms with Gasteiger partial charge in [-0.05, 0) is 44.2 Å². The maximum absolute atomic E-state index is 5.46. The lowest BCUT2D eigenvalue weighted by molar-refractivity contribution is 0.122. The number of nitrogens with zero attached hydrogens (tertiary/aromatic N) is 7. The van der Waals surface area contributed by atoms with Gasteiger partial charge in [0.15, 0.2) is 5.82 Å². The van der Waals surface area contributed by atoms with Crippen molar-refractivity contribution in [2.24, 2.45) is 0 Å². The minimum absolute atomic E-state index is 0.743. The molecule has 154 valence electrons. The third-order valence-corrected chi connectivity index (χ3v) is 6.11. The van der Waals surface area contributed by atoms with Crippen molar-refractivity contribution in [1.29, 1.82) is 0 Å². The predicted octanol–water partition coefficient (Wildman–Crippen LogP) is 1.62. The topological polar surface area (TPSA) is 70.5 Å². The van der Waals surface area contributed by atoms with Crippen LogP contribution >= 0.6 is 0 Å². The van der Waals surface area contributed by atoms with Gasteiger partial charge in [-0.15, -0.1) is 5.10 Å². The molecule has 0 spiro atoms. The Bertz CT molecular complexity index is 860. The third kappa shape index (κ3) is 3.99. The van der Waals surface area contributed by atoms with Gasteiger partial charge in [0, 0.05) is 51.0 Å². The molecule has 0 amide bonds. The molecular weight excluding hydrogens is 366 g/mol. The molecular formula is C21H29N7O. The molecule has 0 bridgehead atoms. The number of morpholine rings is 1. The van der Waals surface area contributed by atoms with E-state index in [9.17, 15) is 0 Å². The molecule has 0 radical (unpaired) electrons. The van der Waals surface area contributed by atoms with Gasteiger partial charge < -0.3 is 19.4 Å². The van der Waals surface area contributed by atoms with Gasteiger partial charge >= 0.3 is 0 Å². The summed E-state index contributed by atoms with van der Waals surface area (Å²) in [5.74, 6) is 2.87. The summed E-state index contributed by atoms with van der Waals surface area (Å²) in [6.07, 6.45) is 4.73. The van der Waals surface area contributed by atoms with Crippen molar-refractivity contribution in [1.82, 2.24) is 20.2 Å². The number of ether oxygens (including phenoxy) is 1. The summed E-state index contributed by atoms with van der Waals surface area (Å²) in [6.45, 7) is 8.97. The molecule has 0 atom stereocenters. The minimum Gasteiger partial charge on any atom is -0.378 e. The molecule has 29 heavy (non-hydrogen) atoms. The van der Waals surface area contributed by atoms with Gasteiger partial charge in [-0.1, -0.05) is 0 Å². The number of anilines is 3. The average Bonchev–Trinajstić information content (AvgIpc) is 2.79. The lowest BCUT2D eigenvalue weighted by Crippen LogP contribution is -2.47. The van der Waals surface area contributed by atoms with E-state index in [2.05, 4.69) is 42.0 Å². The molecule has 4 heterocycles. The standard InChI is InChI=1S/C21H29N7O/c1-16-14-19(23-21(22-16)28-10-12-29-13-11-28)26-6-8-27(9-7-26)20-15-17-4-2-3-5-18(17)24-25-20/h14-15H,2-13H2,1H3. The predicted molar refractivity (Wildman–Crippen MR) is 113 cm³/mol. The van der Waals surface area contributed by atoms with Crippen LogP contribution in [0.5, 0.6) is 0 Å². The van der Waals surface area contributed by atoms with E-state index >= 15 is 0 Å². The van der Waals surface area contributed by atoms with Gasteiger partial charge in [0.1, 0.15) is 5.82 Å². The van der Waals surface area contributed by atoms with Gasteiger partial charge in [0.2, 0.25) is 5.95 Å². The molecule has 0 unspecified atom stereocenters. The van der Waals surface area contributed by atoms with E-state index < -0.39 is 0 Å². The first-order chi connectivity index (χ1) is 14.3. The van der Waals surface area contributed by atoms with Gasteiger partial charge in [-0.3, -0.25) is 0 Å². The molecule has 2 aliphatic heterocycles. The number of hydrogen-bond acceptors (Lipinski definition) is 8. The normalized spacial score (nSPS) is 20.0. The fourth-order valence-electron chi connectivity index (χ4n) is 4.40. The molecule has 8 nitrogen and oxygen atoms in total. The van der Waals surface area contributed by atoms with Crippen LogP contribution in [0.25, 0.3) is 0 Å². The highest BCUT2D eigenvalue weighted by Gasteiger charge is 2.23. The maximum Gasteiger partial charge on any atom is 0.227 e. The molecule has 2 saturated heterocycles. The van der Waals surface area contributed by atoms with Crippen molar-refractivity contribution in [2.75, 3.05) is 67.2 Å². The maximum atomic E-state index is 5.46. The van der Waals surface area contributed by atoms with Crippen LogP contribution in [0, 0.1) is 6.92 Å². The van der Waals surface area contributed by atoms with Crippen LogP contribution in [0.2, 0.25) is 0 Å². The summed E-state index contributed by atoms with van der Waals surface area (Å²) < 4.78 is 5.46. The first-order valence-electron chi connectivity index (χ1n) is 10.8. The quantitative estimate of drug-likeness (QED) is 0.777. The Balaban J connectivity index is 1.27. The van der Waals surface area contributed by atoms with Crippen LogP contribution < -0.4 is 14.7 Å². The lowest BCUT2D eigenvalue weighted by Gasteiger charge is -2.36. The van der Waals surface area contributed by atoms with Crippen molar-refractivity contribution in [3.05, 3.63) is 29.1 Å². The van der Waals surface area contributed by atoms with Gasteiger partial charge in [-0.2, -0.15) is 10.1 Å². The Kier molecular flexibility index (Phi) is 5.18. The molecule has 2 aromatic rings. The van der Waals surface area contributed by atoms with E-state index in [-0.39, 0.29) is 0 Å². The second-order valence-electron chi connectivity index (χ2n) is 8.12. The third-order valence-electron chi connectivity index (χ3n) is 6.11. The number of fused-ring (bicyclic) bond motifs is 1. The van der Waals surface area contributed by atoms with E-state index in [1.165, 1.54) is 24.1 Å². The van der Waals surface area contributed by atoms with Gasteiger partial charge in [0.25, 0.3) is 0 Å². The molecule has 5 rings (SSSR count). The van der Waals surface area contributed by atoms with E-state index in [1.807, 2.05) is 6.92 Å². The van der Waals surface area contributed by atoms with E-state index in [0.29, 0.717) is 0 Å². The number of hydrogen-bond donors (Lipinski definition) is 0. The highest BCUT2D eigenvalue weighted by atomic mass is 16.5. The Labute approximate surface area is 171 Å². The van der Waals surface area contributed by atoms with Crippen molar-refractivity contribution in [3.63, 3.8) is 0 Å². The molecule has 3 aliphatic rings. The zero-order valence-corrected chi connectivity index (χ0v) is 17.2. The van der Waals surface area contributed by atoms with Gasteiger partial charge in [-0.25, -0.2) is 4.98 Å². The van der Waals surface area contributed by atoms with Crippen LogP contribution in [0.3, 0.4) is 0 Å². The molecule has 1 aliphatic carbocycles. The smallest absolute Gasteiger partial charge is 0.227 e. The largest absolute Gasteiger partial charge is 0.378 e. The van der Waals surface area contributed by atoms with Crippen LogP contribution in [0.15, 0.2) is 12.1 Å². The monoisotopic (exact) mass is 395 g/mol. The summed E-state index contributed by atoms with van der Waals surface area (Å²) in [5.41, 5.74) is 3.61. The molecule has 0 aromatic carbocycles. The fraction of sp³-hybridized carbons (Fsp3) is 0.619. The molecule has 8 heteroatoms. The van der Waals surface area contributed by atoms with Crippen molar-refractivity contribution in [2.45, 2.75) is 32.6 Å². The molecule has 0 saturated carbocycles.